The van der Waals surface area contributed by atoms with Crippen LogP contribution in [0.2, 0.25) is 0 Å². The number of halogens is 1. The smallest absolute Gasteiger partial charge is 0.123 e. The Morgan fingerprint density at radius 1 is 1.33 bits per heavy atom. The van der Waals surface area contributed by atoms with E-state index in [1.54, 1.807) is 12.1 Å². The second-order valence-electron chi connectivity index (χ2n) is 3.70. The minimum absolute atomic E-state index is 0.133. The van der Waals surface area contributed by atoms with Crippen molar-refractivity contribution in [3.8, 4) is 6.07 Å². The first kappa shape index (κ1) is 11.7. The molecule has 0 saturated carbocycles. The molecular formula is C12H15FN2. The predicted molar refractivity (Wildman–Crippen MR) is 57.6 cm³/mol. The largest absolute Gasteiger partial charge is 0.307 e. The SMILES string of the molecule is CC(CC#N)NC(C)c1ccc(F)cc1. The number of rotatable bonds is 4. The molecule has 15 heavy (non-hydrogen) atoms. The van der Waals surface area contributed by atoms with Crippen molar-refractivity contribution >= 4 is 0 Å². The van der Waals surface area contributed by atoms with Crippen LogP contribution in [0.1, 0.15) is 31.9 Å². The summed E-state index contributed by atoms with van der Waals surface area (Å²) in [7, 11) is 0. The van der Waals surface area contributed by atoms with Gasteiger partial charge in [-0.15, -0.1) is 0 Å². The number of hydrogen-bond donors (Lipinski definition) is 1. The number of nitriles is 1. The maximum atomic E-state index is 12.7. The molecule has 2 nitrogen and oxygen atoms in total. The van der Waals surface area contributed by atoms with Crippen molar-refractivity contribution in [3.05, 3.63) is 35.6 Å². The number of nitrogens with zero attached hydrogens (tertiary/aromatic N) is 1. The van der Waals surface area contributed by atoms with E-state index in [1.807, 2.05) is 13.8 Å². The third-order valence-electron chi connectivity index (χ3n) is 2.30. The van der Waals surface area contributed by atoms with Gasteiger partial charge in [0, 0.05) is 12.1 Å². The molecule has 0 saturated heterocycles. The third kappa shape index (κ3) is 3.69. The van der Waals surface area contributed by atoms with Crippen LogP contribution in [-0.2, 0) is 0 Å². The summed E-state index contributed by atoms with van der Waals surface area (Å²) in [6.07, 6.45) is 0.478. The zero-order valence-electron chi connectivity index (χ0n) is 9.00. The molecule has 1 N–H and O–H groups in total. The standard InChI is InChI=1S/C12H15FN2/c1-9(7-8-14)15-10(2)11-3-5-12(13)6-4-11/h3-6,9-10,15H,7H2,1-2H3. The molecule has 0 aliphatic heterocycles. The number of nitrogens with one attached hydrogen (secondary N) is 1. The van der Waals surface area contributed by atoms with E-state index in [0.29, 0.717) is 6.42 Å². The monoisotopic (exact) mass is 206 g/mol. The van der Waals surface area contributed by atoms with Crippen LogP contribution in [0.25, 0.3) is 0 Å². The van der Waals surface area contributed by atoms with Gasteiger partial charge in [-0.05, 0) is 31.5 Å². The van der Waals surface area contributed by atoms with E-state index < -0.39 is 0 Å². The molecule has 0 aliphatic rings. The van der Waals surface area contributed by atoms with Crippen molar-refractivity contribution in [3.63, 3.8) is 0 Å². The van der Waals surface area contributed by atoms with Gasteiger partial charge in [-0.3, -0.25) is 0 Å². The van der Waals surface area contributed by atoms with Gasteiger partial charge in [-0.25, -0.2) is 4.39 Å². The molecule has 2 unspecified atom stereocenters. The average Bonchev–Trinajstić information content (AvgIpc) is 2.18. The van der Waals surface area contributed by atoms with E-state index in [4.69, 9.17) is 5.26 Å². The zero-order valence-corrected chi connectivity index (χ0v) is 9.00. The zero-order chi connectivity index (χ0) is 11.3. The Morgan fingerprint density at radius 2 is 1.93 bits per heavy atom. The minimum Gasteiger partial charge on any atom is -0.307 e. The summed E-state index contributed by atoms with van der Waals surface area (Å²) in [5, 5.41) is 11.8. The quantitative estimate of drug-likeness (QED) is 0.822. The number of hydrogen-bond acceptors (Lipinski definition) is 2. The van der Waals surface area contributed by atoms with Crippen LogP contribution in [0.5, 0.6) is 0 Å². The van der Waals surface area contributed by atoms with Crippen molar-refractivity contribution in [2.75, 3.05) is 0 Å². The van der Waals surface area contributed by atoms with E-state index in [-0.39, 0.29) is 17.9 Å². The molecule has 0 aliphatic carbocycles. The lowest BCUT2D eigenvalue weighted by atomic mass is 10.1. The number of benzene rings is 1. The molecule has 0 heterocycles. The lowest BCUT2D eigenvalue weighted by Crippen LogP contribution is -2.28. The van der Waals surface area contributed by atoms with E-state index in [2.05, 4.69) is 11.4 Å². The molecule has 80 valence electrons. The molecule has 1 aromatic carbocycles. The Labute approximate surface area is 89.7 Å². The van der Waals surface area contributed by atoms with Crippen molar-refractivity contribution in [1.29, 1.82) is 5.26 Å². The normalized spacial score (nSPS) is 14.3. The molecule has 3 heteroatoms. The van der Waals surface area contributed by atoms with Gasteiger partial charge in [0.1, 0.15) is 5.82 Å². The van der Waals surface area contributed by atoms with Gasteiger partial charge >= 0.3 is 0 Å². The van der Waals surface area contributed by atoms with E-state index in [9.17, 15) is 4.39 Å². The fourth-order valence-corrected chi connectivity index (χ4v) is 1.47. The fraction of sp³-hybridized carbons (Fsp3) is 0.417. The predicted octanol–water partition coefficient (Wildman–Crippen LogP) is 2.78. The molecule has 0 aromatic heterocycles. The fourth-order valence-electron chi connectivity index (χ4n) is 1.47. The average molecular weight is 206 g/mol. The molecular weight excluding hydrogens is 191 g/mol. The van der Waals surface area contributed by atoms with Crippen molar-refractivity contribution < 1.29 is 4.39 Å². The molecule has 0 amide bonds. The van der Waals surface area contributed by atoms with Gasteiger partial charge < -0.3 is 5.32 Å². The highest BCUT2D eigenvalue weighted by Gasteiger charge is 2.08. The first-order valence-corrected chi connectivity index (χ1v) is 5.02. The van der Waals surface area contributed by atoms with Crippen LogP contribution in [0.15, 0.2) is 24.3 Å². The Morgan fingerprint density at radius 3 is 2.47 bits per heavy atom. The topological polar surface area (TPSA) is 35.8 Å². The molecule has 1 aromatic rings. The first-order valence-electron chi connectivity index (χ1n) is 5.02. The highest BCUT2D eigenvalue weighted by molar-refractivity contribution is 5.19. The third-order valence-corrected chi connectivity index (χ3v) is 2.30. The van der Waals surface area contributed by atoms with Crippen LogP contribution in [-0.4, -0.2) is 6.04 Å². The molecule has 2 atom stereocenters. The maximum Gasteiger partial charge on any atom is 0.123 e. The molecule has 0 fully saturated rings. The van der Waals surface area contributed by atoms with Crippen LogP contribution < -0.4 is 5.32 Å². The summed E-state index contributed by atoms with van der Waals surface area (Å²) in [5.41, 5.74) is 1.03. The second-order valence-corrected chi connectivity index (χ2v) is 3.70. The highest BCUT2D eigenvalue weighted by Crippen LogP contribution is 2.13. The van der Waals surface area contributed by atoms with Crippen LogP contribution in [0, 0.1) is 17.1 Å². The van der Waals surface area contributed by atoms with Crippen molar-refractivity contribution in [2.45, 2.75) is 32.4 Å². The first-order chi connectivity index (χ1) is 7.13. The van der Waals surface area contributed by atoms with Crippen molar-refractivity contribution in [1.82, 2.24) is 5.32 Å². The maximum absolute atomic E-state index is 12.7. The molecule has 0 spiro atoms. The lowest BCUT2D eigenvalue weighted by molar-refractivity contribution is 0.484. The Kier molecular flexibility index (Phi) is 4.26. The van der Waals surface area contributed by atoms with Gasteiger partial charge in [-0.2, -0.15) is 5.26 Å². The summed E-state index contributed by atoms with van der Waals surface area (Å²) in [6.45, 7) is 3.96. The molecule has 0 radical (unpaired) electrons. The summed E-state index contributed by atoms with van der Waals surface area (Å²) in [6, 6.07) is 8.80. The van der Waals surface area contributed by atoms with E-state index >= 15 is 0 Å². The summed E-state index contributed by atoms with van der Waals surface area (Å²) < 4.78 is 12.7. The van der Waals surface area contributed by atoms with E-state index in [0.717, 1.165) is 5.56 Å². The summed E-state index contributed by atoms with van der Waals surface area (Å²) in [4.78, 5) is 0. The van der Waals surface area contributed by atoms with Gasteiger partial charge in [0.2, 0.25) is 0 Å². The van der Waals surface area contributed by atoms with Gasteiger partial charge in [0.25, 0.3) is 0 Å². The van der Waals surface area contributed by atoms with E-state index in [1.165, 1.54) is 12.1 Å². The Balaban J connectivity index is 2.57. The Bertz CT molecular complexity index is 340. The van der Waals surface area contributed by atoms with Gasteiger partial charge in [-0.1, -0.05) is 12.1 Å². The molecule has 0 bridgehead atoms. The second kappa shape index (κ2) is 5.47. The van der Waals surface area contributed by atoms with Crippen LogP contribution in [0.4, 0.5) is 4.39 Å². The molecule has 1 rings (SSSR count). The van der Waals surface area contributed by atoms with Gasteiger partial charge in [0.05, 0.1) is 12.5 Å². The lowest BCUT2D eigenvalue weighted by Gasteiger charge is -2.18. The van der Waals surface area contributed by atoms with Crippen LogP contribution >= 0.6 is 0 Å². The van der Waals surface area contributed by atoms with Crippen LogP contribution in [0.3, 0.4) is 0 Å². The highest BCUT2D eigenvalue weighted by atomic mass is 19.1. The summed E-state index contributed by atoms with van der Waals surface area (Å²) >= 11 is 0. The van der Waals surface area contributed by atoms with Crippen molar-refractivity contribution in [2.24, 2.45) is 0 Å². The van der Waals surface area contributed by atoms with Gasteiger partial charge in [0.15, 0.2) is 0 Å². The minimum atomic E-state index is -0.226. The Hall–Kier alpha value is -1.40. The summed E-state index contributed by atoms with van der Waals surface area (Å²) in [5.74, 6) is -0.226.